The Morgan fingerprint density at radius 1 is 0.939 bits per heavy atom. The van der Waals surface area contributed by atoms with Gasteiger partial charge in [0.25, 0.3) is 0 Å². The van der Waals surface area contributed by atoms with Gasteiger partial charge in [-0.2, -0.15) is 5.10 Å². The quantitative estimate of drug-likeness (QED) is 0.287. The maximum atomic E-state index is 12.5. The van der Waals surface area contributed by atoms with Gasteiger partial charge in [-0.1, -0.05) is 66.7 Å². The molecule has 0 unspecified atom stereocenters. The van der Waals surface area contributed by atoms with Crippen LogP contribution in [0.2, 0.25) is 0 Å². The first-order chi connectivity index (χ1) is 16.1. The molecule has 0 aliphatic heterocycles. The monoisotopic (exact) mass is 451 g/mol. The highest BCUT2D eigenvalue weighted by Crippen LogP contribution is 2.49. The number of hydrazone groups is 1. The molecule has 0 atom stereocenters. The number of rotatable bonds is 6. The van der Waals surface area contributed by atoms with Crippen LogP contribution in [0.15, 0.2) is 90.0 Å². The van der Waals surface area contributed by atoms with Gasteiger partial charge in [-0.3, -0.25) is 4.79 Å². The summed E-state index contributed by atoms with van der Waals surface area (Å²) >= 11 is 1.64. The van der Waals surface area contributed by atoms with Crippen LogP contribution in [0.4, 0.5) is 0 Å². The van der Waals surface area contributed by atoms with Gasteiger partial charge in [0.05, 0.1) is 17.2 Å². The van der Waals surface area contributed by atoms with Crippen molar-refractivity contribution in [3.8, 4) is 16.8 Å². The highest BCUT2D eigenvalue weighted by atomic mass is 32.2. The molecule has 0 bridgehead atoms. The first kappa shape index (κ1) is 21.3. The van der Waals surface area contributed by atoms with Crippen molar-refractivity contribution in [3.05, 3.63) is 113 Å². The number of aromatic nitrogens is 1. The molecule has 4 nitrogen and oxygen atoms in total. The Labute approximate surface area is 198 Å². The van der Waals surface area contributed by atoms with Crippen LogP contribution < -0.4 is 5.43 Å². The molecule has 1 aliphatic carbocycles. The van der Waals surface area contributed by atoms with E-state index in [-0.39, 0.29) is 11.2 Å². The molecule has 1 aromatic heterocycles. The second-order valence-corrected chi connectivity index (χ2v) is 9.25. The largest absolute Gasteiger partial charge is 0.318 e. The summed E-state index contributed by atoms with van der Waals surface area (Å²) in [6.45, 7) is 4.14. The summed E-state index contributed by atoms with van der Waals surface area (Å²) < 4.78 is 2.19. The van der Waals surface area contributed by atoms with Crippen LogP contribution in [0, 0.1) is 13.8 Å². The Balaban J connectivity index is 1.24. The average Bonchev–Trinajstić information content (AvgIpc) is 3.31. The van der Waals surface area contributed by atoms with Crippen LogP contribution in [-0.2, 0) is 4.79 Å². The minimum Gasteiger partial charge on any atom is -0.318 e. The molecule has 0 fully saturated rings. The molecule has 5 heteroatoms. The van der Waals surface area contributed by atoms with Gasteiger partial charge in [0, 0.05) is 22.6 Å². The number of aryl methyl sites for hydroxylation is 1. The molecule has 0 saturated carbocycles. The lowest BCUT2D eigenvalue weighted by Crippen LogP contribution is -2.20. The van der Waals surface area contributed by atoms with Crippen LogP contribution in [0.3, 0.4) is 0 Å². The maximum Gasteiger partial charge on any atom is 0.250 e. The summed E-state index contributed by atoms with van der Waals surface area (Å²) in [4.78, 5) is 12.5. The fourth-order valence-electron chi connectivity index (χ4n) is 4.55. The molecular weight excluding hydrogens is 426 g/mol. The van der Waals surface area contributed by atoms with Gasteiger partial charge in [0.2, 0.25) is 5.91 Å². The summed E-state index contributed by atoms with van der Waals surface area (Å²) in [5, 5.41) is 4.40. The van der Waals surface area contributed by atoms with Crippen molar-refractivity contribution in [1.29, 1.82) is 0 Å². The normalized spacial score (nSPS) is 12.7. The first-order valence-corrected chi connectivity index (χ1v) is 12.0. The van der Waals surface area contributed by atoms with E-state index in [4.69, 9.17) is 0 Å². The number of nitrogens with one attached hydrogen (secondary N) is 1. The summed E-state index contributed by atoms with van der Waals surface area (Å²) in [5.74, 6) is 0.239. The van der Waals surface area contributed by atoms with Gasteiger partial charge >= 0.3 is 0 Å². The number of benzene rings is 3. The molecular formula is C28H25N3OS. The lowest BCUT2D eigenvalue weighted by Gasteiger charge is -2.12. The minimum atomic E-state index is -0.102. The summed E-state index contributed by atoms with van der Waals surface area (Å²) in [7, 11) is 0. The second-order valence-electron chi connectivity index (χ2n) is 8.16. The average molecular weight is 452 g/mol. The van der Waals surface area contributed by atoms with Gasteiger partial charge in [0.1, 0.15) is 0 Å². The molecule has 5 rings (SSSR count). The molecule has 164 valence electrons. The van der Waals surface area contributed by atoms with Crippen molar-refractivity contribution in [2.24, 2.45) is 5.10 Å². The molecule has 1 N–H and O–H groups in total. The van der Waals surface area contributed by atoms with E-state index in [1.807, 2.05) is 18.2 Å². The molecule has 0 saturated heterocycles. The number of carbonyl (C=O) groups excluding carboxylic acids is 1. The van der Waals surface area contributed by atoms with Gasteiger partial charge in [-0.15, -0.1) is 11.8 Å². The van der Waals surface area contributed by atoms with E-state index >= 15 is 0 Å². The Bertz CT molecular complexity index is 1300. The van der Waals surface area contributed by atoms with Crippen molar-refractivity contribution < 1.29 is 4.79 Å². The molecule has 1 amide bonds. The smallest absolute Gasteiger partial charge is 0.250 e. The Kier molecular flexibility index (Phi) is 5.88. The van der Waals surface area contributed by atoms with Crippen LogP contribution in [0.25, 0.3) is 16.8 Å². The standard InChI is InChI=1S/C28H25N3OS/c1-19-16-21(20(2)31(19)22-10-4-3-5-11-22)17-29-30-27(32)18-33-28-25-14-8-6-12-23(25)24-13-7-9-15-26(24)28/h3-17,28H,18H2,1-2H3,(H,30,32). The summed E-state index contributed by atoms with van der Waals surface area (Å²) in [6, 6.07) is 29.2. The number of para-hydroxylation sites is 1. The first-order valence-electron chi connectivity index (χ1n) is 11.0. The van der Waals surface area contributed by atoms with Gasteiger partial charge < -0.3 is 4.57 Å². The van der Waals surface area contributed by atoms with Crippen molar-refractivity contribution in [1.82, 2.24) is 9.99 Å². The van der Waals surface area contributed by atoms with Crippen molar-refractivity contribution in [2.45, 2.75) is 19.1 Å². The lowest BCUT2D eigenvalue weighted by atomic mass is 10.1. The fraction of sp³-hybridized carbons (Fsp3) is 0.143. The molecule has 1 aliphatic rings. The van der Waals surface area contributed by atoms with Gasteiger partial charge in [-0.05, 0) is 54.3 Å². The number of nitrogens with zero attached hydrogens (tertiary/aromatic N) is 2. The SMILES string of the molecule is Cc1cc(C=NNC(=O)CSC2c3ccccc3-c3ccccc32)c(C)n1-c1ccccc1. The Morgan fingerprint density at radius 3 is 2.21 bits per heavy atom. The molecule has 1 heterocycles. The summed E-state index contributed by atoms with van der Waals surface area (Å²) in [5.41, 5.74) is 12.1. The predicted molar refractivity (Wildman–Crippen MR) is 137 cm³/mol. The van der Waals surface area contributed by atoms with Crippen molar-refractivity contribution in [2.75, 3.05) is 5.75 Å². The minimum absolute atomic E-state index is 0.102. The maximum absolute atomic E-state index is 12.5. The topological polar surface area (TPSA) is 46.4 Å². The molecule has 4 aromatic rings. The third kappa shape index (κ3) is 4.12. The molecule has 0 spiro atoms. The molecule has 3 aromatic carbocycles. The molecule has 33 heavy (non-hydrogen) atoms. The van der Waals surface area contributed by atoms with Crippen molar-refractivity contribution >= 4 is 23.9 Å². The van der Waals surface area contributed by atoms with E-state index in [0.29, 0.717) is 5.75 Å². The number of hydrogen-bond acceptors (Lipinski definition) is 3. The van der Waals surface area contributed by atoms with E-state index in [0.717, 1.165) is 22.6 Å². The predicted octanol–water partition coefficient (Wildman–Crippen LogP) is 6.05. The molecule has 0 radical (unpaired) electrons. The number of thioether (sulfide) groups is 1. The third-order valence-electron chi connectivity index (χ3n) is 6.04. The van der Waals surface area contributed by atoms with E-state index in [1.54, 1.807) is 18.0 Å². The Hall–Kier alpha value is -3.57. The zero-order chi connectivity index (χ0) is 22.8. The van der Waals surface area contributed by atoms with E-state index in [2.05, 4.69) is 95.7 Å². The second kappa shape index (κ2) is 9.12. The lowest BCUT2D eigenvalue weighted by molar-refractivity contribution is -0.118. The number of hydrogen-bond donors (Lipinski definition) is 1. The van der Waals surface area contributed by atoms with Crippen molar-refractivity contribution in [3.63, 3.8) is 0 Å². The highest BCUT2D eigenvalue weighted by molar-refractivity contribution is 8.00. The van der Waals surface area contributed by atoms with Crippen LogP contribution >= 0.6 is 11.8 Å². The number of carbonyl (C=O) groups is 1. The van der Waals surface area contributed by atoms with E-state index < -0.39 is 0 Å². The zero-order valence-corrected chi connectivity index (χ0v) is 19.5. The van der Waals surface area contributed by atoms with Gasteiger partial charge in [0.15, 0.2) is 0 Å². The zero-order valence-electron chi connectivity index (χ0n) is 18.7. The van der Waals surface area contributed by atoms with Gasteiger partial charge in [-0.25, -0.2) is 5.43 Å². The van der Waals surface area contributed by atoms with Crippen LogP contribution in [0.5, 0.6) is 0 Å². The van der Waals surface area contributed by atoms with Crippen LogP contribution in [0.1, 0.15) is 33.3 Å². The fourth-order valence-corrected chi connectivity index (χ4v) is 5.70. The Morgan fingerprint density at radius 2 is 1.55 bits per heavy atom. The highest BCUT2D eigenvalue weighted by Gasteiger charge is 2.28. The van der Waals surface area contributed by atoms with E-state index in [9.17, 15) is 4.79 Å². The van der Waals surface area contributed by atoms with Crippen LogP contribution in [-0.4, -0.2) is 22.4 Å². The summed E-state index contributed by atoms with van der Waals surface area (Å²) in [6.07, 6.45) is 1.73. The third-order valence-corrected chi connectivity index (χ3v) is 7.31. The number of amides is 1. The van der Waals surface area contributed by atoms with E-state index in [1.165, 1.54) is 22.3 Å². The number of fused-ring (bicyclic) bond motifs is 3.